The van der Waals surface area contributed by atoms with E-state index in [9.17, 15) is 77.0 Å². The second-order valence-corrected chi connectivity index (χ2v) is 34.0. The summed E-state index contributed by atoms with van der Waals surface area (Å²) < 4.78 is 0. The molecule has 0 aromatic rings. The number of hydrogen-bond donors (Lipinski definition) is 23. The van der Waals surface area contributed by atoms with Crippen molar-refractivity contribution in [3.63, 3.8) is 0 Å². The first-order chi connectivity index (χ1) is 57.4. The van der Waals surface area contributed by atoms with Gasteiger partial charge >= 0.3 is 0 Å². The van der Waals surface area contributed by atoms with Gasteiger partial charge < -0.3 is 126 Å². The molecule has 690 valence electrons. The molecule has 3 aliphatic carbocycles. The van der Waals surface area contributed by atoms with Crippen LogP contribution in [0.15, 0.2) is 15.0 Å². The largest absolute Gasteiger partial charge is 0.391 e. The summed E-state index contributed by atoms with van der Waals surface area (Å²) >= 11 is 0. The molecule has 0 aromatic heterocycles. The Hall–Kier alpha value is -10.7. The number of guanidine groups is 3. The van der Waals surface area contributed by atoms with Crippen LogP contribution in [-0.4, -0.2) is 221 Å². The first-order valence-corrected chi connectivity index (χ1v) is 43.0. The number of aliphatic imine (C=N–C) groups is 3. The number of nitrogens with two attached hydrogens (primary N) is 9. The standard InChI is InChI=1S/C80H143N25O17/c1-10-50(94-66(112)51(29-20-34-90-77(84)85)96-70(116)56(37-43(2)3)93-46(7)107)65(111)101-58(40-48-25-16-12-17-26-48)71(117)102-59(41-49-27-18-13-19-28-49)72(118)103-60(42-62(82)109)73(119)100-57(38-44(4)5)74(120)105-80(8,9)76(122)104-63(45(6)106)75(121)98-53(31-22-36-92-79(88)89)67(113)97-54(32-33-61(81)108)69(115)95-52(30-21-35-91-78(86)87)68(114)99-55(64(83)110)39-47-23-14-11-15-24-47/h43-45,47-60,63,106H,10-42H2,1-9H3,(H2,81,108)(H2,82,109)(H2,83,110)(H,93,107)(H,94,112)(H,95,115)(H,96,116)(H,97,113)(H,98,121)(H,99,114)(H,100,119)(H,101,111)(H,102,117)(H,103,118)(H,104,122)(H,105,120)(H4,84,85,90)(H4,86,87,91)(H4,88,89,92)/t45-,50?,51+,52+,53+,54+,55?,56+,57+,58?,59?,60+,63+/m1/s1. The molecule has 16 amide bonds. The summed E-state index contributed by atoms with van der Waals surface area (Å²) in [4.78, 5) is 236. The van der Waals surface area contributed by atoms with E-state index >= 15 is 4.79 Å². The fourth-order valence-corrected chi connectivity index (χ4v) is 15.2. The summed E-state index contributed by atoms with van der Waals surface area (Å²) in [5, 5.41) is 45.4. The molecule has 0 spiro atoms. The van der Waals surface area contributed by atoms with Crippen LogP contribution in [0.3, 0.4) is 0 Å². The number of aliphatic hydroxyl groups is 1. The minimum atomic E-state index is -2.02. The zero-order valence-electron chi connectivity index (χ0n) is 72.7. The van der Waals surface area contributed by atoms with Crippen LogP contribution in [0.25, 0.3) is 0 Å². The van der Waals surface area contributed by atoms with Crippen LogP contribution in [0.4, 0.5) is 0 Å². The van der Waals surface area contributed by atoms with Crippen molar-refractivity contribution in [2.75, 3.05) is 19.6 Å². The molecule has 0 heterocycles. The van der Waals surface area contributed by atoms with Crippen LogP contribution in [-0.2, 0) is 76.7 Å². The Bertz CT molecular complexity index is 3570. The maximum absolute atomic E-state index is 15.0. The molecule has 0 saturated heterocycles. The SMILES string of the molecule is CCC(NC(=O)[C@H](CCCN=C(N)N)NC(=O)[C@H](CC(C)C)NC(C)=O)C(=O)NC(CC1CCCCC1)C(=O)NC(CC1CCCCC1)C(=O)N[C@@H](CC(N)=O)C(=O)N[C@@H](CC(C)C)C(=O)NC(C)(C)C(=O)N[C@H](C(=O)N[C@@H](CCCN=C(N)N)C(=O)N[C@@H](CCC(N)=O)C(=O)N[C@@H](CCCN=C(N)N)C(=O)NC(CC1CCCCC1)C(N)=O)[C@@H](C)O. The normalized spacial score (nSPS) is 17.1. The molecule has 4 unspecified atom stereocenters. The van der Waals surface area contributed by atoms with Crippen molar-refractivity contribution in [2.45, 2.75) is 339 Å². The van der Waals surface area contributed by atoms with Gasteiger partial charge in [-0.25, -0.2) is 0 Å². The van der Waals surface area contributed by atoms with E-state index in [1.165, 1.54) is 20.8 Å². The number of nitrogens with zero attached hydrogens (tertiary/aromatic N) is 3. The highest BCUT2D eigenvalue weighted by Gasteiger charge is 2.42. The third kappa shape index (κ3) is 41.2. The predicted octanol–water partition coefficient (Wildman–Crippen LogP) is -3.70. The zero-order chi connectivity index (χ0) is 91.5. The van der Waals surface area contributed by atoms with Crippen LogP contribution in [0.5, 0.6) is 0 Å². The molecule has 0 aliphatic heterocycles. The molecule has 0 aromatic carbocycles. The second kappa shape index (κ2) is 54.6. The number of aliphatic hydroxyl groups excluding tert-OH is 1. The predicted molar refractivity (Wildman–Crippen MR) is 457 cm³/mol. The second-order valence-electron chi connectivity index (χ2n) is 34.0. The highest BCUT2D eigenvalue weighted by atomic mass is 16.3. The first-order valence-electron chi connectivity index (χ1n) is 43.0. The minimum absolute atomic E-state index is 0.0123. The lowest BCUT2D eigenvalue weighted by atomic mass is 9.83. The summed E-state index contributed by atoms with van der Waals surface area (Å²) in [6, 6.07) is -17.2. The fraction of sp³-hybridized carbons (Fsp3) is 0.762. The third-order valence-electron chi connectivity index (χ3n) is 21.7. The Balaban J connectivity index is 1.96. The Kier molecular flexibility index (Phi) is 47.2. The molecule has 32 N–H and O–H groups in total. The molecule has 42 heteroatoms. The van der Waals surface area contributed by atoms with Gasteiger partial charge in [0.1, 0.15) is 78.0 Å². The van der Waals surface area contributed by atoms with Gasteiger partial charge in [-0.3, -0.25) is 91.7 Å². The molecule has 3 rings (SSSR count). The van der Waals surface area contributed by atoms with Gasteiger partial charge in [0.15, 0.2) is 17.9 Å². The summed E-state index contributed by atoms with van der Waals surface area (Å²) in [7, 11) is 0. The third-order valence-corrected chi connectivity index (χ3v) is 21.7. The fourth-order valence-electron chi connectivity index (χ4n) is 15.2. The number of amides is 16. The Morgan fingerprint density at radius 2 is 0.664 bits per heavy atom. The Morgan fingerprint density at radius 3 is 1.01 bits per heavy atom. The van der Waals surface area contributed by atoms with Crippen LogP contribution >= 0.6 is 0 Å². The molecule has 13 atom stereocenters. The molecule has 42 nitrogen and oxygen atoms in total. The topological polar surface area (TPSA) is 721 Å². The summed E-state index contributed by atoms with van der Waals surface area (Å²) in [5.74, 6) is -15.5. The molecule has 0 radical (unpaired) electrons. The number of primary amides is 3. The smallest absolute Gasteiger partial charge is 0.245 e. The van der Waals surface area contributed by atoms with Crippen molar-refractivity contribution in [1.82, 2.24) is 69.1 Å². The number of carbonyl (C=O) groups is 16. The molecular formula is C80H143N25O17. The lowest BCUT2D eigenvalue weighted by molar-refractivity contribution is -0.139. The molecule has 3 saturated carbocycles. The van der Waals surface area contributed by atoms with Gasteiger partial charge in [-0.05, 0) is 134 Å². The number of carbonyl (C=O) groups excluding carboxylic acids is 16. The van der Waals surface area contributed by atoms with E-state index in [2.05, 4.69) is 84.1 Å². The molecular weight excluding hydrogens is 1580 g/mol. The van der Waals surface area contributed by atoms with E-state index < -0.39 is 198 Å². The minimum Gasteiger partial charge on any atom is -0.391 e. The molecule has 3 aliphatic rings. The van der Waals surface area contributed by atoms with Gasteiger partial charge in [0.25, 0.3) is 0 Å². The van der Waals surface area contributed by atoms with Gasteiger partial charge in [0.05, 0.1) is 12.5 Å². The van der Waals surface area contributed by atoms with E-state index in [4.69, 9.17) is 51.6 Å². The lowest BCUT2D eigenvalue weighted by Crippen LogP contribution is -2.65. The van der Waals surface area contributed by atoms with Gasteiger partial charge in [0.2, 0.25) is 94.5 Å². The van der Waals surface area contributed by atoms with Crippen LogP contribution in [0.2, 0.25) is 0 Å². The Labute approximate surface area is 715 Å². The summed E-state index contributed by atoms with van der Waals surface area (Å²) in [6.07, 6.45) is 9.58. The lowest BCUT2D eigenvalue weighted by Gasteiger charge is -2.32. The van der Waals surface area contributed by atoms with Crippen molar-refractivity contribution in [1.29, 1.82) is 0 Å². The first kappa shape index (κ1) is 105. The average Bonchev–Trinajstić information content (AvgIpc) is 0.826. The highest BCUT2D eigenvalue weighted by molar-refractivity contribution is 6.01. The molecule has 0 bridgehead atoms. The number of hydrogen-bond acceptors (Lipinski definition) is 20. The zero-order valence-corrected chi connectivity index (χ0v) is 72.7. The molecule has 122 heavy (non-hydrogen) atoms. The Morgan fingerprint density at radius 1 is 0.361 bits per heavy atom. The van der Waals surface area contributed by atoms with E-state index in [1.807, 2.05) is 13.8 Å². The number of nitrogens with one attached hydrogen (secondary N) is 13. The van der Waals surface area contributed by atoms with Crippen LogP contribution in [0, 0.1) is 29.6 Å². The van der Waals surface area contributed by atoms with Crippen molar-refractivity contribution in [3.8, 4) is 0 Å². The van der Waals surface area contributed by atoms with Crippen molar-refractivity contribution < 1.29 is 81.8 Å². The molecule has 3 fully saturated rings. The summed E-state index contributed by atoms with van der Waals surface area (Å²) in [5.41, 5.74) is 48.3. The number of rotatable bonds is 55. The maximum Gasteiger partial charge on any atom is 0.245 e. The van der Waals surface area contributed by atoms with Crippen LogP contribution < -0.4 is 121 Å². The average molecular weight is 1730 g/mol. The van der Waals surface area contributed by atoms with Gasteiger partial charge in [0, 0.05) is 33.0 Å². The van der Waals surface area contributed by atoms with Crippen molar-refractivity contribution in [3.05, 3.63) is 0 Å². The van der Waals surface area contributed by atoms with Gasteiger partial charge in [-0.1, -0.05) is 131 Å². The quantitative estimate of drug-likeness (QED) is 0.0158. The van der Waals surface area contributed by atoms with E-state index in [0.717, 1.165) is 90.4 Å². The highest BCUT2D eigenvalue weighted by Crippen LogP contribution is 2.31. The van der Waals surface area contributed by atoms with Crippen LogP contribution in [0.1, 0.15) is 255 Å². The van der Waals surface area contributed by atoms with Gasteiger partial charge in [-0.2, -0.15) is 0 Å². The van der Waals surface area contributed by atoms with Crippen molar-refractivity contribution in [2.24, 2.45) is 96.2 Å². The summed E-state index contributed by atoms with van der Waals surface area (Å²) in [6.45, 7) is 13.7. The van der Waals surface area contributed by atoms with E-state index in [1.54, 1.807) is 20.8 Å². The van der Waals surface area contributed by atoms with E-state index in [0.29, 0.717) is 12.8 Å². The maximum atomic E-state index is 15.0. The van der Waals surface area contributed by atoms with Gasteiger partial charge in [-0.15, -0.1) is 0 Å². The van der Waals surface area contributed by atoms with E-state index in [-0.39, 0.29) is 144 Å². The van der Waals surface area contributed by atoms with Crippen molar-refractivity contribution >= 4 is 112 Å². The monoisotopic (exact) mass is 1730 g/mol.